The monoisotopic (exact) mass is 718 g/mol. The number of nitrogens with zero attached hydrogens (tertiary/aromatic N) is 6. The molecular weight excluding hydrogens is 675 g/mol. The van der Waals surface area contributed by atoms with Crippen molar-refractivity contribution in [2.24, 2.45) is 11.8 Å². The van der Waals surface area contributed by atoms with Gasteiger partial charge in [-0.1, -0.05) is 57.8 Å². The van der Waals surface area contributed by atoms with E-state index in [9.17, 15) is 4.21 Å². The van der Waals surface area contributed by atoms with E-state index < -0.39 is 10.8 Å². The van der Waals surface area contributed by atoms with Crippen molar-refractivity contribution in [2.45, 2.75) is 50.0 Å². The normalized spacial score (nSPS) is 22.9. The summed E-state index contributed by atoms with van der Waals surface area (Å²) in [4.78, 5) is 13.2. The Morgan fingerprint density at radius 3 is 1.79 bits per heavy atom. The van der Waals surface area contributed by atoms with Crippen LogP contribution in [0.2, 0.25) is 10.0 Å². The molecule has 0 amide bonds. The summed E-state index contributed by atoms with van der Waals surface area (Å²) in [6.45, 7) is 7.90. The van der Waals surface area contributed by atoms with Gasteiger partial charge < -0.3 is 18.8 Å². The predicted octanol–water partition coefficient (Wildman–Crippen LogP) is 7.02. The van der Waals surface area contributed by atoms with Crippen LogP contribution in [0, 0.1) is 25.7 Å². The Morgan fingerprint density at radius 2 is 1.28 bits per heavy atom. The lowest BCUT2D eigenvalue weighted by atomic mass is 9.81. The molecule has 2 aromatic carbocycles. The van der Waals surface area contributed by atoms with Crippen LogP contribution in [0.15, 0.2) is 57.6 Å². The van der Waals surface area contributed by atoms with Crippen LogP contribution < -0.4 is 0 Å². The molecule has 0 N–H and O–H groups in total. The number of benzene rings is 2. The number of rotatable bonds is 10. The molecule has 4 heterocycles. The molecule has 2 aromatic heterocycles. The van der Waals surface area contributed by atoms with Gasteiger partial charge in [0.1, 0.15) is 5.75 Å². The van der Waals surface area contributed by atoms with Gasteiger partial charge in [-0.15, -0.1) is 0 Å². The van der Waals surface area contributed by atoms with Crippen molar-refractivity contribution >= 4 is 45.8 Å². The maximum absolute atomic E-state index is 12.6. The van der Waals surface area contributed by atoms with Crippen molar-refractivity contribution in [3.05, 3.63) is 93.1 Å². The first-order chi connectivity index (χ1) is 22.6. The largest absolute Gasteiger partial charge is 0.338 e. The zero-order valence-corrected chi connectivity index (χ0v) is 30.6. The van der Waals surface area contributed by atoms with Crippen LogP contribution in [0.1, 0.15) is 59.2 Å². The number of hydrogen-bond acceptors (Lipinski definition) is 10. The summed E-state index contributed by atoms with van der Waals surface area (Å²) < 4.78 is 22.9. The molecule has 2 aliphatic rings. The van der Waals surface area contributed by atoms with Crippen LogP contribution in [0.3, 0.4) is 0 Å². The molecule has 2 aliphatic heterocycles. The molecule has 0 bridgehead atoms. The number of thioether (sulfide) groups is 1. The van der Waals surface area contributed by atoms with Crippen molar-refractivity contribution in [3.8, 4) is 0 Å². The van der Waals surface area contributed by atoms with E-state index in [0.29, 0.717) is 52.7 Å². The van der Waals surface area contributed by atoms with Crippen molar-refractivity contribution in [3.63, 3.8) is 0 Å². The van der Waals surface area contributed by atoms with E-state index in [0.717, 1.165) is 60.0 Å². The maximum atomic E-state index is 12.6. The first-order valence-electron chi connectivity index (χ1n) is 16.0. The lowest BCUT2D eigenvalue weighted by Crippen LogP contribution is -2.39. The third-order valence-corrected chi connectivity index (χ3v) is 11.8. The fourth-order valence-corrected chi connectivity index (χ4v) is 9.22. The van der Waals surface area contributed by atoms with Crippen molar-refractivity contribution in [1.29, 1.82) is 0 Å². The Labute approximate surface area is 294 Å². The highest BCUT2D eigenvalue weighted by molar-refractivity contribution is 7.98. The summed E-state index contributed by atoms with van der Waals surface area (Å²) in [5, 5.41) is 9.16. The molecule has 1 unspecified atom stereocenters. The summed E-state index contributed by atoms with van der Waals surface area (Å²) in [6, 6.07) is 16.4. The maximum Gasteiger partial charge on any atom is 0.239 e. The lowest BCUT2D eigenvalue weighted by molar-refractivity contribution is 0.198. The first-order valence-corrected chi connectivity index (χ1v) is 19.4. The Kier molecular flexibility index (Phi) is 13.3. The minimum Gasteiger partial charge on any atom is -0.338 e. The summed E-state index contributed by atoms with van der Waals surface area (Å²) in [7, 11) is 3.31. The Bertz CT molecular complexity index is 1570. The summed E-state index contributed by atoms with van der Waals surface area (Å²) in [5.74, 6) is 7.29. The molecule has 2 saturated heterocycles. The minimum atomic E-state index is -1.02. The van der Waals surface area contributed by atoms with E-state index >= 15 is 0 Å². The van der Waals surface area contributed by atoms with E-state index in [1.807, 2.05) is 43.0 Å². The van der Waals surface area contributed by atoms with Crippen molar-refractivity contribution < 1.29 is 13.3 Å². The van der Waals surface area contributed by atoms with Crippen LogP contribution in [-0.2, 0) is 22.3 Å². The lowest BCUT2D eigenvalue weighted by Gasteiger charge is -2.37. The van der Waals surface area contributed by atoms with Crippen LogP contribution in [0.5, 0.6) is 0 Å². The number of piperidine rings is 2. The summed E-state index contributed by atoms with van der Waals surface area (Å²) in [5.41, 5.74) is 2.69. The second-order valence-corrected chi connectivity index (χ2v) is 16.1. The number of halogens is 2. The molecule has 4 aromatic rings. The van der Waals surface area contributed by atoms with Gasteiger partial charge >= 0.3 is 0 Å². The number of aryl methyl sites for hydroxylation is 2. The molecule has 5 atom stereocenters. The van der Waals surface area contributed by atoms with Crippen LogP contribution >= 0.6 is 35.0 Å². The second-order valence-electron chi connectivity index (χ2n) is 12.7. The zero-order valence-electron chi connectivity index (χ0n) is 27.5. The second kappa shape index (κ2) is 17.4. The van der Waals surface area contributed by atoms with Crippen LogP contribution in [0.4, 0.5) is 0 Å². The molecule has 13 heteroatoms. The SMILES string of the molecule is Cc1noc(CS(=O)C[C@H]2CN(C)CC[C@@H]2c2ccc(Cl)cc2)n1.Cc1noc(CSC[C@H]2CN(C)CC[C@@H]2c2ccc(Cl)cc2)n1. The fourth-order valence-electron chi connectivity index (χ4n) is 6.59. The van der Waals surface area contributed by atoms with Gasteiger partial charge in [0.05, 0.1) is 5.75 Å². The van der Waals surface area contributed by atoms with E-state index in [1.165, 1.54) is 17.5 Å². The minimum absolute atomic E-state index is 0.328. The molecular formula is C34H44Cl2N6O3S2. The van der Waals surface area contributed by atoms with Crippen molar-refractivity contribution in [1.82, 2.24) is 30.1 Å². The van der Waals surface area contributed by atoms with Gasteiger partial charge in [0.2, 0.25) is 11.8 Å². The van der Waals surface area contributed by atoms with Gasteiger partial charge in [-0.3, -0.25) is 4.21 Å². The van der Waals surface area contributed by atoms with E-state index in [-0.39, 0.29) is 0 Å². The number of likely N-dealkylation sites (tertiary alicyclic amines) is 2. The average molecular weight is 720 g/mol. The molecule has 6 rings (SSSR count). The molecule has 9 nitrogen and oxygen atoms in total. The van der Waals surface area contributed by atoms with Crippen molar-refractivity contribution in [2.75, 3.05) is 51.8 Å². The first kappa shape index (κ1) is 36.0. The van der Waals surface area contributed by atoms with E-state index in [4.69, 9.17) is 32.2 Å². The summed E-state index contributed by atoms with van der Waals surface area (Å²) in [6.07, 6.45) is 2.27. The predicted molar refractivity (Wildman–Crippen MR) is 191 cm³/mol. The number of hydrogen-bond donors (Lipinski definition) is 0. The molecule has 0 spiro atoms. The quantitative estimate of drug-likeness (QED) is 0.170. The topological polar surface area (TPSA) is 101 Å². The van der Waals surface area contributed by atoms with Crippen LogP contribution in [-0.4, -0.2) is 86.1 Å². The third-order valence-electron chi connectivity index (χ3n) is 8.85. The van der Waals surface area contributed by atoms with Gasteiger partial charge in [0.25, 0.3) is 0 Å². The summed E-state index contributed by atoms with van der Waals surface area (Å²) >= 11 is 13.9. The molecule has 47 heavy (non-hydrogen) atoms. The highest BCUT2D eigenvalue weighted by Crippen LogP contribution is 2.36. The fraction of sp³-hybridized carbons (Fsp3) is 0.529. The van der Waals surface area contributed by atoms with Gasteiger partial charge in [0, 0.05) is 39.7 Å². The Balaban J connectivity index is 0.000000185. The van der Waals surface area contributed by atoms with E-state index in [1.54, 1.807) is 6.92 Å². The van der Waals surface area contributed by atoms with Gasteiger partial charge in [0.15, 0.2) is 11.6 Å². The molecule has 0 aliphatic carbocycles. The average Bonchev–Trinajstić information content (AvgIpc) is 3.65. The van der Waals surface area contributed by atoms with Crippen LogP contribution in [0.25, 0.3) is 0 Å². The highest BCUT2D eigenvalue weighted by atomic mass is 35.5. The highest BCUT2D eigenvalue weighted by Gasteiger charge is 2.31. The van der Waals surface area contributed by atoms with Gasteiger partial charge in [-0.25, -0.2) is 0 Å². The third kappa shape index (κ3) is 10.9. The Morgan fingerprint density at radius 1 is 0.787 bits per heavy atom. The van der Waals surface area contributed by atoms with E-state index in [2.05, 4.69) is 68.4 Å². The Hall–Kier alpha value is -2.28. The molecule has 0 saturated carbocycles. The smallest absolute Gasteiger partial charge is 0.239 e. The van der Waals surface area contributed by atoms with Gasteiger partial charge in [-0.2, -0.15) is 21.7 Å². The standard InChI is InChI=1S/C17H22ClN3O2S.C17H22ClN3OS/c1-12-19-17(23-20-12)11-24(22)10-14-9-21(2)8-7-16(14)13-3-5-15(18)6-4-13;1-12-19-17(22-20-12)11-23-10-14-9-21(2)8-7-16(14)13-3-5-15(18)6-4-13/h3-6,14,16H,7-11H2,1-2H3;3-6,14,16H,7-11H2,1-2H3/t14-,16-,24?;14-,16-/m11/s1. The number of aromatic nitrogens is 4. The molecule has 254 valence electrons. The zero-order chi connectivity index (χ0) is 33.3. The van der Waals surface area contributed by atoms with Gasteiger partial charge in [-0.05, 0) is 119 Å². The molecule has 0 radical (unpaired) electrons. The molecule has 2 fully saturated rings.